The molecule has 0 aliphatic carbocycles. The van der Waals surface area contributed by atoms with Crippen molar-refractivity contribution in [2.24, 2.45) is 0 Å². The van der Waals surface area contributed by atoms with Gasteiger partial charge < -0.3 is 4.42 Å². The van der Waals surface area contributed by atoms with E-state index in [2.05, 4.69) is 152 Å². The molecule has 3 heterocycles. The lowest BCUT2D eigenvalue weighted by molar-refractivity contribution is 0.669. The Hall–Kier alpha value is -6.62. The molecule has 0 fully saturated rings. The normalized spacial score (nSPS) is 11.8. The molecule has 0 atom stereocenters. The van der Waals surface area contributed by atoms with Crippen molar-refractivity contribution >= 4 is 75.1 Å². The van der Waals surface area contributed by atoms with Gasteiger partial charge in [0.05, 0.1) is 15.9 Å². The summed E-state index contributed by atoms with van der Waals surface area (Å²) in [6.07, 6.45) is 0. The average molecular weight is 681 g/mol. The molecular formula is C48H28N2OS. The van der Waals surface area contributed by atoms with E-state index in [-0.39, 0.29) is 0 Å². The highest BCUT2D eigenvalue weighted by molar-refractivity contribution is 7.26. The lowest BCUT2D eigenvalue weighted by atomic mass is 9.92. The van der Waals surface area contributed by atoms with Gasteiger partial charge in [-0.15, -0.1) is 11.3 Å². The van der Waals surface area contributed by atoms with Crippen LogP contribution in [0.4, 0.5) is 0 Å². The monoisotopic (exact) mass is 680 g/mol. The quantitative estimate of drug-likeness (QED) is 0.174. The molecule has 0 amide bonds. The zero-order valence-electron chi connectivity index (χ0n) is 27.9. The fraction of sp³-hybridized carbons (Fsp3) is 0. The molecule has 0 saturated carbocycles. The van der Waals surface area contributed by atoms with Crippen molar-refractivity contribution < 1.29 is 4.42 Å². The minimum absolute atomic E-state index is 0.698. The number of furan rings is 1. The Labute approximate surface area is 303 Å². The first-order valence-electron chi connectivity index (χ1n) is 17.5. The summed E-state index contributed by atoms with van der Waals surface area (Å²) in [7, 11) is 0. The molecule has 11 rings (SSSR count). The molecule has 4 heteroatoms. The zero-order valence-corrected chi connectivity index (χ0v) is 28.7. The maximum Gasteiger partial charge on any atom is 0.161 e. The highest BCUT2D eigenvalue weighted by Gasteiger charge is 2.20. The molecule has 0 aliphatic rings. The van der Waals surface area contributed by atoms with Gasteiger partial charge in [0.25, 0.3) is 0 Å². The van der Waals surface area contributed by atoms with Crippen molar-refractivity contribution in [3.63, 3.8) is 0 Å². The third-order valence-corrected chi connectivity index (χ3v) is 11.5. The van der Waals surface area contributed by atoms with Crippen LogP contribution in [-0.2, 0) is 0 Å². The molecule has 242 valence electrons. The largest absolute Gasteiger partial charge is 0.456 e. The molecule has 8 aromatic carbocycles. The van der Waals surface area contributed by atoms with E-state index in [9.17, 15) is 0 Å². The van der Waals surface area contributed by atoms with Crippen LogP contribution in [0, 0.1) is 0 Å². The van der Waals surface area contributed by atoms with Gasteiger partial charge in [-0.2, -0.15) is 0 Å². The Balaban J connectivity index is 1.03. The first-order chi connectivity index (χ1) is 25.8. The summed E-state index contributed by atoms with van der Waals surface area (Å²) in [5.41, 5.74) is 10.3. The van der Waals surface area contributed by atoms with Gasteiger partial charge in [0.2, 0.25) is 0 Å². The van der Waals surface area contributed by atoms with Gasteiger partial charge in [0, 0.05) is 32.0 Å². The maximum atomic E-state index is 6.56. The SMILES string of the molecule is c1ccc(-c2nc(-c3cccc4oc5cc(-c6ccc(-c7cc8ccccc8c8ccccc78)cc6)ccc5c34)nc3c2sc2ccccc23)cc1. The van der Waals surface area contributed by atoms with E-state index in [1.54, 1.807) is 11.3 Å². The summed E-state index contributed by atoms with van der Waals surface area (Å²) in [5.74, 6) is 0.698. The molecule has 0 aliphatic heterocycles. The molecule has 3 nitrogen and oxygen atoms in total. The third kappa shape index (κ3) is 4.51. The van der Waals surface area contributed by atoms with Gasteiger partial charge in [-0.3, -0.25) is 0 Å². The van der Waals surface area contributed by atoms with Crippen molar-refractivity contribution in [2.45, 2.75) is 0 Å². The second-order valence-electron chi connectivity index (χ2n) is 13.3. The molecule has 0 spiro atoms. The molecule has 3 aromatic heterocycles. The van der Waals surface area contributed by atoms with Gasteiger partial charge in [-0.05, 0) is 74.1 Å². The van der Waals surface area contributed by atoms with Gasteiger partial charge in [0.1, 0.15) is 11.2 Å². The van der Waals surface area contributed by atoms with Crippen LogP contribution in [0.2, 0.25) is 0 Å². The summed E-state index contributed by atoms with van der Waals surface area (Å²) in [4.78, 5) is 10.5. The predicted octanol–water partition coefficient (Wildman–Crippen LogP) is 13.7. The zero-order chi connectivity index (χ0) is 34.2. The first-order valence-corrected chi connectivity index (χ1v) is 18.3. The van der Waals surface area contributed by atoms with Gasteiger partial charge >= 0.3 is 0 Å². The van der Waals surface area contributed by atoms with Crippen molar-refractivity contribution in [3.05, 3.63) is 170 Å². The highest BCUT2D eigenvalue weighted by atomic mass is 32.1. The van der Waals surface area contributed by atoms with E-state index in [0.29, 0.717) is 5.82 Å². The van der Waals surface area contributed by atoms with Crippen LogP contribution in [0.25, 0.3) is 109 Å². The summed E-state index contributed by atoms with van der Waals surface area (Å²) >= 11 is 1.75. The minimum atomic E-state index is 0.698. The Morgan fingerprint density at radius 1 is 0.423 bits per heavy atom. The van der Waals surface area contributed by atoms with Crippen LogP contribution in [0.15, 0.2) is 174 Å². The Kier molecular flexibility index (Phi) is 6.42. The van der Waals surface area contributed by atoms with Crippen LogP contribution in [0.5, 0.6) is 0 Å². The molecular weight excluding hydrogens is 653 g/mol. The van der Waals surface area contributed by atoms with Crippen LogP contribution in [-0.4, -0.2) is 9.97 Å². The average Bonchev–Trinajstić information content (AvgIpc) is 3.79. The summed E-state index contributed by atoms with van der Waals surface area (Å²) in [6.45, 7) is 0. The van der Waals surface area contributed by atoms with Crippen LogP contribution >= 0.6 is 11.3 Å². The minimum Gasteiger partial charge on any atom is -0.456 e. The van der Waals surface area contributed by atoms with E-state index in [1.807, 2.05) is 18.2 Å². The molecule has 0 N–H and O–H groups in total. The van der Waals surface area contributed by atoms with Crippen molar-refractivity contribution in [2.75, 3.05) is 0 Å². The number of benzene rings is 8. The number of thiophene rings is 1. The predicted molar refractivity (Wildman–Crippen MR) is 219 cm³/mol. The topological polar surface area (TPSA) is 38.9 Å². The van der Waals surface area contributed by atoms with Gasteiger partial charge in [-0.1, -0.05) is 140 Å². The van der Waals surface area contributed by atoms with Crippen molar-refractivity contribution in [1.29, 1.82) is 0 Å². The summed E-state index contributed by atoms with van der Waals surface area (Å²) in [6, 6.07) is 60.2. The molecule has 0 unspecified atom stereocenters. The summed E-state index contributed by atoms with van der Waals surface area (Å²) in [5, 5.41) is 8.30. The molecule has 0 saturated heterocycles. The van der Waals surface area contributed by atoms with E-state index in [4.69, 9.17) is 14.4 Å². The van der Waals surface area contributed by atoms with Gasteiger partial charge in [-0.25, -0.2) is 9.97 Å². The van der Waals surface area contributed by atoms with Crippen LogP contribution < -0.4 is 0 Å². The van der Waals surface area contributed by atoms with Crippen molar-refractivity contribution in [1.82, 2.24) is 9.97 Å². The number of fused-ring (bicyclic) bond motifs is 9. The lowest BCUT2D eigenvalue weighted by Gasteiger charge is -2.12. The Bertz CT molecular complexity index is 3180. The van der Waals surface area contributed by atoms with E-state index < -0.39 is 0 Å². The highest BCUT2D eigenvalue weighted by Crippen LogP contribution is 2.42. The Morgan fingerprint density at radius 2 is 1.13 bits per heavy atom. The number of rotatable bonds is 4. The Morgan fingerprint density at radius 3 is 2.00 bits per heavy atom. The molecule has 0 radical (unpaired) electrons. The van der Waals surface area contributed by atoms with Crippen molar-refractivity contribution in [3.8, 4) is 44.9 Å². The van der Waals surface area contributed by atoms with Crippen LogP contribution in [0.1, 0.15) is 0 Å². The number of hydrogen-bond donors (Lipinski definition) is 0. The smallest absolute Gasteiger partial charge is 0.161 e. The van der Waals surface area contributed by atoms with E-state index >= 15 is 0 Å². The first kappa shape index (κ1) is 29.1. The van der Waals surface area contributed by atoms with Gasteiger partial charge in [0.15, 0.2) is 5.82 Å². The second kappa shape index (κ2) is 11.5. The van der Waals surface area contributed by atoms with Crippen LogP contribution in [0.3, 0.4) is 0 Å². The number of nitrogens with zero attached hydrogens (tertiary/aromatic N) is 2. The summed E-state index contributed by atoms with van der Waals surface area (Å²) < 4.78 is 8.87. The molecule has 52 heavy (non-hydrogen) atoms. The second-order valence-corrected chi connectivity index (χ2v) is 14.3. The fourth-order valence-corrected chi connectivity index (χ4v) is 8.98. The number of hydrogen-bond acceptors (Lipinski definition) is 4. The molecule has 0 bridgehead atoms. The fourth-order valence-electron chi connectivity index (χ4n) is 7.83. The standard InChI is InChI=1S/C48H28N2OS/c1-2-11-31(12-3-1)45-47-46(38-17-8-9-20-43(38)52-47)50-48(49-45)39-18-10-19-41-44(39)37-26-25-32(28-42(37)51-41)29-21-23-30(24-22-29)40-27-33-13-4-5-14-34(33)35-15-6-7-16-36(35)40/h1-28H. The maximum absolute atomic E-state index is 6.56. The van der Waals surface area contributed by atoms with E-state index in [1.165, 1.54) is 37.4 Å². The third-order valence-electron chi connectivity index (χ3n) is 10.3. The lowest BCUT2D eigenvalue weighted by Crippen LogP contribution is -1.94. The number of aromatic nitrogens is 2. The molecule has 11 aromatic rings. The van der Waals surface area contributed by atoms with E-state index in [0.717, 1.165) is 65.5 Å².